The molecule has 0 spiro atoms. The summed E-state index contributed by atoms with van der Waals surface area (Å²) >= 11 is 0. The standard InChI is InChI=1S/C16H24O2/c1-4-11-18-15-9-5-7-14(12-15)8-6-10-16(17)13(2)3/h5,7,9,12-13H,4,6,8,10-11H2,1-3H3. The van der Waals surface area contributed by atoms with Gasteiger partial charge in [-0.1, -0.05) is 32.9 Å². The number of ketones is 1. The van der Waals surface area contributed by atoms with Crippen molar-refractivity contribution in [1.29, 1.82) is 0 Å². The normalized spacial score (nSPS) is 10.7. The first-order chi connectivity index (χ1) is 8.63. The highest BCUT2D eigenvalue weighted by molar-refractivity contribution is 5.80. The van der Waals surface area contributed by atoms with Crippen molar-refractivity contribution < 1.29 is 9.53 Å². The first-order valence-electron chi connectivity index (χ1n) is 6.88. The van der Waals surface area contributed by atoms with Crippen LogP contribution in [0.3, 0.4) is 0 Å². The second kappa shape index (κ2) is 7.91. The summed E-state index contributed by atoms with van der Waals surface area (Å²) in [5, 5.41) is 0. The highest BCUT2D eigenvalue weighted by Crippen LogP contribution is 2.16. The quantitative estimate of drug-likeness (QED) is 0.694. The van der Waals surface area contributed by atoms with E-state index < -0.39 is 0 Å². The molecule has 18 heavy (non-hydrogen) atoms. The maximum absolute atomic E-state index is 11.5. The number of aryl methyl sites for hydroxylation is 1. The molecule has 100 valence electrons. The molecule has 0 saturated carbocycles. The van der Waals surface area contributed by atoms with Gasteiger partial charge in [0.1, 0.15) is 11.5 Å². The van der Waals surface area contributed by atoms with Gasteiger partial charge < -0.3 is 4.74 Å². The number of ether oxygens (including phenoxy) is 1. The average Bonchev–Trinajstić information content (AvgIpc) is 2.36. The van der Waals surface area contributed by atoms with Gasteiger partial charge in [0.15, 0.2) is 0 Å². The number of carbonyl (C=O) groups is 1. The lowest BCUT2D eigenvalue weighted by molar-refractivity contribution is -0.121. The van der Waals surface area contributed by atoms with Gasteiger partial charge >= 0.3 is 0 Å². The molecule has 0 saturated heterocycles. The molecule has 0 radical (unpaired) electrons. The van der Waals surface area contributed by atoms with Crippen molar-refractivity contribution in [3.63, 3.8) is 0 Å². The van der Waals surface area contributed by atoms with E-state index in [0.29, 0.717) is 12.2 Å². The number of hydrogen-bond donors (Lipinski definition) is 0. The van der Waals surface area contributed by atoms with E-state index >= 15 is 0 Å². The van der Waals surface area contributed by atoms with Gasteiger partial charge in [-0.25, -0.2) is 0 Å². The van der Waals surface area contributed by atoms with Gasteiger partial charge in [-0.3, -0.25) is 4.79 Å². The van der Waals surface area contributed by atoms with Crippen molar-refractivity contribution in [3.8, 4) is 5.75 Å². The fraction of sp³-hybridized carbons (Fsp3) is 0.562. The van der Waals surface area contributed by atoms with Crippen LogP contribution >= 0.6 is 0 Å². The zero-order valence-corrected chi connectivity index (χ0v) is 11.7. The molecule has 0 bridgehead atoms. The lowest BCUT2D eigenvalue weighted by Gasteiger charge is -2.07. The molecule has 0 aromatic heterocycles. The Morgan fingerprint density at radius 3 is 2.78 bits per heavy atom. The van der Waals surface area contributed by atoms with Crippen LogP contribution in [-0.2, 0) is 11.2 Å². The molecule has 2 nitrogen and oxygen atoms in total. The van der Waals surface area contributed by atoms with Crippen molar-refractivity contribution in [3.05, 3.63) is 29.8 Å². The molecule has 1 rings (SSSR count). The van der Waals surface area contributed by atoms with Crippen LogP contribution in [0.2, 0.25) is 0 Å². The smallest absolute Gasteiger partial charge is 0.135 e. The predicted molar refractivity (Wildman–Crippen MR) is 75.0 cm³/mol. The van der Waals surface area contributed by atoms with Crippen molar-refractivity contribution in [2.45, 2.75) is 46.5 Å². The van der Waals surface area contributed by atoms with Crippen LogP contribution in [-0.4, -0.2) is 12.4 Å². The van der Waals surface area contributed by atoms with E-state index in [1.807, 2.05) is 26.0 Å². The molecule has 1 aromatic carbocycles. The topological polar surface area (TPSA) is 26.3 Å². The Morgan fingerprint density at radius 1 is 1.33 bits per heavy atom. The van der Waals surface area contributed by atoms with Gasteiger partial charge in [-0.05, 0) is 37.0 Å². The van der Waals surface area contributed by atoms with Crippen LogP contribution in [0.25, 0.3) is 0 Å². The largest absolute Gasteiger partial charge is 0.494 e. The molecule has 0 unspecified atom stereocenters. The maximum atomic E-state index is 11.5. The molecule has 0 heterocycles. The third kappa shape index (κ3) is 5.35. The average molecular weight is 248 g/mol. The summed E-state index contributed by atoms with van der Waals surface area (Å²) in [7, 11) is 0. The maximum Gasteiger partial charge on any atom is 0.135 e. The molecule has 0 amide bonds. The molecule has 2 heteroatoms. The SMILES string of the molecule is CCCOc1cccc(CCCC(=O)C(C)C)c1. The fourth-order valence-corrected chi connectivity index (χ4v) is 1.77. The summed E-state index contributed by atoms with van der Waals surface area (Å²) in [6.45, 7) is 6.78. The van der Waals surface area contributed by atoms with E-state index in [1.54, 1.807) is 0 Å². The first kappa shape index (κ1) is 14.7. The molecule has 0 atom stereocenters. The number of Topliss-reactive ketones (excluding diaryl/α,β-unsaturated/α-hetero) is 1. The van der Waals surface area contributed by atoms with Gasteiger partial charge in [0.2, 0.25) is 0 Å². The van der Waals surface area contributed by atoms with E-state index in [-0.39, 0.29) is 5.92 Å². The Balaban J connectivity index is 2.40. The van der Waals surface area contributed by atoms with Crippen molar-refractivity contribution in [2.24, 2.45) is 5.92 Å². The van der Waals surface area contributed by atoms with E-state index in [4.69, 9.17) is 4.74 Å². The number of carbonyl (C=O) groups excluding carboxylic acids is 1. The van der Waals surface area contributed by atoms with Gasteiger partial charge in [0.25, 0.3) is 0 Å². The van der Waals surface area contributed by atoms with Gasteiger partial charge in [-0.2, -0.15) is 0 Å². The molecule has 1 aromatic rings. The van der Waals surface area contributed by atoms with Gasteiger partial charge in [0, 0.05) is 12.3 Å². The highest BCUT2D eigenvalue weighted by Gasteiger charge is 2.06. The molecule has 0 aliphatic carbocycles. The lowest BCUT2D eigenvalue weighted by Crippen LogP contribution is -2.06. The lowest BCUT2D eigenvalue weighted by atomic mass is 10.0. The second-order valence-electron chi connectivity index (χ2n) is 4.97. The Morgan fingerprint density at radius 2 is 2.11 bits per heavy atom. The molecule has 0 N–H and O–H groups in total. The summed E-state index contributed by atoms with van der Waals surface area (Å²) in [5.41, 5.74) is 1.25. The van der Waals surface area contributed by atoms with Crippen LogP contribution in [0, 0.1) is 5.92 Å². The van der Waals surface area contributed by atoms with Crippen LogP contribution < -0.4 is 4.74 Å². The molecule has 0 aliphatic heterocycles. The van der Waals surface area contributed by atoms with Gasteiger partial charge in [0.05, 0.1) is 6.61 Å². The summed E-state index contributed by atoms with van der Waals surface area (Å²) in [6.07, 6.45) is 3.57. The minimum Gasteiger partial charge on any atom is -0.494 e. The first-order valence-corrected chi connectivity index (χ1v) is 6.88. The van der Waals surface area contributed by atoms with Crippen LogP contribution in [0.5, 0.6) is 5.75 Å². The van der Waals surface area contributed by atoms with Crippen LogP contribution in [0.1, 0.15) is 45.6 Å². The summed E-state index contributed by atoms with van der Waals surface area (Å²) < 4.78 is 5.59. The minimum absolute atomic E-state index is 0.157. The Hall–Kier alpha value is -1.31. The molecule has 0 aliphatic rings. The monoisotopic (exact) mass is 248 g/mol. The third-order valence-corrected chi connectivity index (χ3v) is 2.90. The van der Waals surface area contributed by atoms with Crippen molar-refractivity contribution in [2.75, 3.05) is 6.61 Å². The third-order valence-electron chi connectivity index (χ3n) is 2.90. The van der Waals surface area contributed by atoms with Crippen molar-refractivity contribution in [1.82, 2.24) is 0 Å². The Kier molecular flexibility index (Phi) is 6.48. The van der Waals surface area contributed by atoms with Gasteiger partial charge in [-0.15, -0.1) is 0 Å². The molecule has 0 fully saturated rings. The second-order valence-corrected chi connectivity index (χ2v) is 4.97. The van der Waals surface area contributed by atoms with E-state index in [9.17, 15) is 4.79 Å². The van der Waals surface area contributed by atoms with Crippen LogP contribution in [0.4, 0.5) is 0 Å². The molecular weight excluding hydrogens is 224 g/mol. The summed E-state index contributed by atoms with van der Waals surface area (Å²) in [4.78, 5) is 11.5. The zero-order chi connectivity index (χ0) is 13.4. The van der Waals surface area contributed by atoms with Crippen molar-refractivity contribution >= 4 is 5.78 Å². The minimum atomic E-state index is 0.157. The number of benzene rings is 1. The number of hydrogen-bond acceptors (Lipinski definition) is 2. The van der Waals surface area contributed by atoms with E-state index in [1.165, 1.54) is 5.56 Å². The van der Waals surface area contributed by atoms with E-state index in [2.05, 4.69) is 19.1 Å². The Bertz CT molecular complexity index is 369. The zero-order valence-electron chi connectivity index (χ0n) is 11.7. The fourth-order valence-electron chi connectivity index (χ4n) is 1.77. The van der Waals surface area contributed by atoms with Crippen LogP contribution in [0.15, 0.2) is 24.3 Å². The predicted octanol–water partition coefficient (Wildman–Crippen LogP) is 4.02. The molecular formula is C16H24O2. The summed E-state index contributed by atoms with van der Waals surface area (Å²) in [6, 6.07) is 8.18. The Labute approximate surface area is 110 Å². The number of rotatable bonds is 8. The van der Waals surface area contributed by atoms with E-state index in [0.717, 1.165) is 31.6 Å². The highest BCUT2D eigenvalue weighted by atomic mass is 16.5. The summed E-state index contributed by atoms with van der Waals surface area (Å²) in [5.74, 6) is 1.45.